The van der Waals surface area contributed by atoms with Crippen LogP contribution in [-0.2, 0) is 4.79 Å². The van der Waals surface area contributed by atoms with E-state index in [1.54, 1.807) is 0 Å². The van der Waals surface area contributed by atoms with Crippen LogP contribution in [0.5, 0.6) is 0 Å². The lowest BCUT2D eigenvalue weighted by Gasteiger charge is -2.09. The van der Waals surface area contributed by atoms with Crippen molar-refractivity contribution < 1.29 is 14.7 Å². The normalized spacial score (nSPS) is 12.5. The summed E-state index contributed by atoms with van der Waals surface area (Å²) in [5.41, 5.74) is 0.597. The lowest BCUT2D eigenvalue weighted by atomic mass is 10.1. The molecule has 16 heavy (non-hydrogen) atoms. The van der Waals surface area contributed by atoms with E-state index in [4.69, 9.17) is 5.11 Å². The van der Waals surface area contributed by atoms with Crippen molar-refractivity contribution in [1.82, 2.24) is 14.9 Å². The molecule has 0 bridgehead atoms. The van der Waals surface area contributed by atoms with E-state index in [1.807, 2.05) is 13.8 Å². The van der Waals surface area contributed by atoms with Gasteiger partial charge in [-0.15, -0.1) is 5.10 Å². The monoisotopic (exact) mass is 243 g/mol. The van der Waals surface area contributed by atoms with E-state index in [0.717, 1.165) is 11.5 Å². The Bertz CT molecular complexity index is 402. The fourth-order valence-electron chi connectivity index (χ4n) is 1.06. The summed E-state index contributed by atoms with van der Waals surface area (Å²) < 4.78 is 3.70. The molecule has 0 fully saturated rings. The van der Waals surface area contributed by atoms with Gasteiger partial charge in [0.1, 0.15) is 10.9 Å². The highest BCUT2D eigenvalue weighted by Crippen LogP contribution is 2.19. The van der Waals surface area contributed by atoms with Crippen molar-refractivity contribution in [3.8, 4) is 0 Å². The van der Waals surface area contributed by atoms with Crippen LogP contribution in [0.2, 0.25) is 0 Å². The van der Waals surface area contributed by atoms with Gasteiger partial charge in [-0.05, 0) is 24.4 Å². The predicted molar refractivity (Wildman–Crippen MR) is 58.6 cm³/mol. The average Bonchev–Trinajstić information content (AvgIpc) is 2.65. The van der Waals surface area contributed by atoms with Gasteiger partial charge in [0.25, 0.3) is 5.91 Å². The van der Waals surface area contributed by atoms with Gasteiger partial charge in [0.15, 0.2) is 0 Å². The first-order valence-electron chi connectivity index (χ1n) is 4.79. The topological polar surface area (TPSA) is 92.2 Å². The number of carboxylic acid groups (broad SMARTS) is 1. The summed E-state index contributed by atoms with van der Waals surface area (Å²) in [6.07, 6.45) is 0. The first-order valence-corrected chi connectivity index (χ1v) is 5.56. The number of rotatable bonds is 4. The minimum Gasteiger partial charge on any atom is -0.480 e. The number of aromatic nitrogens is 2. The van der Waals surface area contributed by atoms with Gasteiger partial charge in [-0.3, -0.25) is 9.59 Å². The van der Waals surface area contributed by atoms with Gasteiger partial charge >= 0.3 is 5.97 Å². The highest BCUT2D eigenvalue weighted by Gasteiger charge is 2.21. The maximum atomic E-state index is 11.7. The lowest BCUT2D eigenvalue weighted by Crippen LogP contribution is -2.38. The van der Waals surface area contributed by atoms with E-state index in [9.17, 15) is 9.59 Å². The zero-order valence-corrected chi connectivity index (χ0v) is 10.0. The van der Waals surface area contributed by atoms with Crippen LogP contribution in [0.1, 0.15) is 42.1 Å². The maximum Gasteiger partial charge on any atom is 0.325 e. The van der Waals surface area contributed by atoms with Crippen LogP contribution in [0.4, 0.5) is 0 Å². The first kappa shape index (κ1) is 12.6. The number of hydrogen-bond donors (Lipinski definition) is 2. The van der Waals surface area contributed by atoms with Gasteiger partial charge in [0.05, 0.1) is 5.69 Å². The van der Waals surface area contributed by atoms with Crippen molar-refractivity contribution in [3.63, 3.8) is 0 Å². The Balaban J connectivity index is 2.81. The molecule has 0 aliphatic heterocycles. The van der Waals surface area contributed by atoms with Gasteiger partial charge in [0.2, 0.25) is 0 Å². The van der Waals surface area contributed by atoms with Crippen molar-refractivity contribution in [2.75, 3.05) is 0 Å². The van der Waals surface area contributed by atoms with Crippen LogP contribution in [-0.4, -0.2) is 32.6 Å². The number of nitrogens with one attached hydrogen (secondary N) is 1. The summed E-state index contributed by atoms with van der Waals surface area (Å²) in [6, 6.07) is -0.922. The molecule has 0 aliphatic rings. The highest BCUT2D eigenvalue weighted by atomic mass is 32.1. The van der Waals surface area contributed by atoms with E-state index in [1.165, 1.54) is 6.92 Å². The molecule has 0 aromatic carbocycles. The molecule has 1 amide bonds. The fraction of sp³-hybridized carbons (Fsp3) is 0.556. The SMILES string of the molecule is CC(NC(=O)c1snnc1C(C)C)C(=O)O. The molecule has 1 aromatic rings. The van der Waals surface area contributed by atoms with Gasteiger partial charge < -0.3 is 10.4 Å². The van der Waals surface area contributed by atoms with E-state index in [0.29, 0.717) is 10.6 Å². The summed E-state index contributed by atoms with van der Waals surface area (Å²) in [5.74, 6) is -1.43. The second kappa shape index (κ2) is 5.02. The Hall–Kier alpha value is -1.50. The summed E-state index contributed by atoms with van der Waals surface area (Å²) in [4.78, 5) is 22.7. The number of carboxylic acids is 1. The minimum absolute atomic E-state index is 0.0830. The molecule has 0 radical (unpaired) electrons. The van der Waals surface area contributed by atoms with Crippen LogP contribution in [0.3, 0.4) is 0 Å². The molecule has 1 aromatic heterocycles. The number of amides is 1. The smallest absolute Gasteiger partial charge is 0.325 e. The van der Waals surface area contributed by atoms with Crippen LogP contribution in [0, 0.1) is 0 Å². The van der Waals surface area contributed by atoms with Crippen molar-refractivity contribution in [2.45, 2.75) is 32.7 Å². The summed E-state index contributed by atoms with van der Waals surface area (Å²) in [7, 11) is 0. The third-order valence-corrected chi connectivity index (χ3v) is 2.72. The van der Waals surface area contributed by atoms with E-state index in [2.05, 4.69) is 14.9 Å². The molecule has 1 rings (SSSR count). The molecule has 2 N–H and O–H groups in total. The summed E-state index contributed by atoms with van der Waals surface area (Å²) in [5, 5.41) is 14.9. The Morgan fingerprint density at radius 2 is 2.00 bits per heavy atom. The molecule has 6 nitrogen and oxygen atoms in total. The lowest BCUT2D eigenvalue weighted by molar-refractivity contribution is -0.138. The highest BCUT2D eigenvalue weighted by molar-refractivity contribution is 7.08. The van der Waals surface area contributed by atoms with Crippen LogP contribution < -0.4 is 5.32 Å². The molecule has 0 spiro atoms. The van der Waals surface area contributed by atoms with Crippen molar-refractivity contribution in [3.05, 3.63) is 10.6 Å². The number of aliphatic carboxylic acids is 1. The zero-order valence-electron chi connectivity index (χ0n) is 9.22. The zero-order chi connectivity index (χ0) is 12.3. The quantitative estimate of drug-likeness (QED) is 0.818. The van der Waals surface area contributed by atoms with Gasteiger partial charge in [-0.2, -0.15) is 0 Å². The third-order valence-electron chi connectivity index (χ3n) is 1.98. The second-order valence-electron chi connectivity index (χ2n) is 3.68. The van der Waals surface area contributed by atoms with E-state index in [-0.39, 0.29) is 5.92 Å². The number of hydrogen-bond acceptors (Lipinski definition) is 5. The van der Waals surface area contributed by atoms with E-state index >= 15 is 0 Å². The molecular weight excluding hydrogens is 230 g/mol. The van der Waals surface area contributed by atoms with Gasteiger partial charge in [-0.25, -0.2) is 0 Å². The molecule has 1 heterocycles. The molecule has 88 valence electrons. The van der Waals surface area contributed by atoms with Crippen molar-refractivity contribution in [2.24, 2.45) is 0 Å². The van der Waals surface area contributed by atoms with Crippen molar-refractivity contribution >= 4 is 23.4 Å². The minimum atomic E-state index is -1.07. The molecule has 1 atom stereocenters. The average molecular weight is 243 g/mol. The molecule has 1 unspecified atom stereocenters. The Kier molecular flexibility index (Phi) is 3.94. The molecule has 0 aliphatic carbocycles. The fourth-order valence-corrected chi connectivity index (χ4v) is 1.78. The van der Waals surface area contributed by atoms with Gasteiger partial charge in [-0.1, -0.05) is 18.3 Å². The van der Waals surface area contributed by atoms with Crippen LogP contribution in [0.25, 0.3) is 0 Å². The number of carbonyl (C=O) groups excluding carboxylic acids is 1. The Labute approximate surface area is 96.8 Å². The predicted octanol–water partition coefficient (Wildman–Crippen LogP) is 0.864. The van der Waals surface area contributed by atoms with E-state index < -0.39 is 17.9 Å². The Morgan fingerprint density at radius 1 is 1.38 bits per heavy atom. The number of nitrogens with zero attached hydrogens (tertiary/aromatic N) is 2. The molecule has 0 saturated heterocycles. The largest absolute Gasteiger partial charge is 0.480 e. The molecule has 0 saturated carbocycles. The first-order chi connectivity index (χ1) is 7.43. The summed E-state index contributed by atoms with van der Waals surface area (Å²) in [6.45, 7) is 5.20. The van der Waals surface area contributed by atoms with Crippen molar-refractivity contribution in [1.29, 1.82) is 0 Å². The molecule has 7 heteroatoms. The standard InChI is InChI=1S/C9H13N3O3S/c1-4(2)6-7(16-12-11-6)8(13)10-5(3)9(14)15/h4-5H,1-3H3,(H,10,13)(H,14,15). The maximum absolute atomic E-state index is 11.7. The molecular formula is C9H13N3O3S. The third kappa shape index (κ3) is 2.75. The summed E-state index contributed by atoms with van der Waals surface area (Å²) >= 11 is 0.974. The Morgan fingerprint density at radius 3 is 2.50 bits per heavy atom. The second-order valence-corrected chi connectivity index (χ2v) is 4.43. The van der Waals surface area contributed by atoms with Crippen LogP contribution >= 0.6 is 11.5 Å². The number of carbonyl (C=O) groups is 2. The van der Waals surface area contributed by atoms with Crippen LogP contribution in [0.15, 0.2) is 0 Å². The van der Waals surface area contributed by atoms with Gasteiger partial charge in [0, 0.05) is 0 Å².